The number of carbonyl (C=O) groups is 1. The zero-order chi connectivity index (χ0) is 18.2. The van der Waals surface area contributed by atoms with Gasteiger partial charge in [-0.05, 0) is 76.4 Å². The lowest BCUT2D eigenvalue weighted by atomic mass is 9.94. The van der Waals surface area contributed by atoms with Crippen LogP contribution in [0.1, 0.15) is 39.0 Å². The number of ether oxygens (including phenoxy) is 2. The molecular weight excluding hydrogens is 328 g/mol. The van der Waals surface area contributed by atoms with Crippen molar-refractivity contribution in [1.29, 1.82) is 0 Å². The van der Waals surface area contributed by atoms with Crippen LogP contribution in [0.3, 0.4) is 0 Å². The van der Waals surface area contributed by atoms with Crippen molar-refractivity contribution in [1.82, 2.24) is 9.80 Å². The van der Waals surface area contributed by atoms with Gasteiger partial charge in [-0.25, -0.2) is 0 Å². The third-order valence-corrected chi connectivity index (χ3v) is 5.42. The number of carbonyl (C=O) groups excluding carboxylic acids is 1. The highest BCUT2D eigenvalue weighted by Gasteiger charge is 2.28. The fourth-order valence-corrected chi connectivity index (χ4v) is 3.87. The first-order valence-corrected chi connectivity index (χ1v) is 10.1. The highest BCUT2D eigenvalue weighted by atomic mass is 16.5. The van der Waals surface area contributed by atoms with Crippen LogP contribution in [0.2, 0.25) is 0 Å². The van der Waals surface area contributed by atoms with Crippen LogP contribution < -0.4 is 9.47 Å². The molecule has 26 heavy (non-hydrogen) atoms. The average Bonchev–Trinajstić information content (AvgIpc) is 2.70. The first-order valence-electron chi connectivity index (χ1n) is 10.1. The van der Waals surface area contributed by atoms with Gasteiger partial charge in [0.05, 0.1) is 6.61 Å². The molecule has 5 nitrogen and oxygen atoms in total. The summed E-state index contributed by atoms with van der Waals surface area (Å²) < 4.78 is 11.3. The van der Waals surface area contributed by atoms with Crippen LogP contribution in [0.15, 0.2) is 24.3 Å². The molecule has 2 aliphatic heterocycles. The summed E-state index contributed by atoms with van der Waals surface area (Å²) in [6.07, 6.45) is 5.59. The van der Waals surface area contributed by atoms with Gasteiger partial charge in [0.15, 0.2) is 0 Å². The van der Waals surface area contributed by atoms with Gasteiger partial charge in [0.25, 0.3) is 0 Å². The molecule has 1 aromatic carbocycles. The molecule has 0 aliphatic carbocycles. The Morgan fingerprint density at radius 3 is 2.19 bits per heavy atom. The molecule has 1 amide bonds. The molecule has 5 heteroatoms. The summed E-state index contributed by atoms with van der Waals surface area (Å²) in [7, 11) is 0. The monoisotopic (exact) mass is 360 g/mol. The molecule has 2 heterocycles. The fourth-order valence-electron chi connectivity index (χ4n) is 3.87. The third-order valence-electron chi connectivity index (χ3n) is 5.42. The highest BCUT2D eigenvalue weighted by Crippen LogP contribution is 2.22. The van der Waals surface area contributed by atoms with Gasteiger partial charge >= 0.3 is 0 Å². The molecule has 0 N–H and O–H groups in total. The maximum atomic E-state index is 12.6. The van der Waals surface area contributed by atoms with Crippen molar-refractivity contribution in [3.8, 4) is 11.5 Å². The maximum absolute atomic E-state index is 12.6. The molecule has 0 atom stereocenters. The second kappa shape index (κ2) is 9.81. The van der Waals surface area contributed by atoms with Crippen LogP contribution in [0.25, 0.3) is 0 Å². The number of piperidine rings is 2. The summed E-state index contributed by atoms with van der Waals surface area (Å²) in [5.74, 6) is 2.38. The van der Waals surface area contributed by atoms with Crippen molar-refractivity contribution < 1.29 is 14.3 Å². The Balaban J connectivity index is 1.34. The van der Waals surface area contributed by atoms with Crippen LogP contribution in [0, 0.1) is 5.92 Å². The van der Waals surface area contributed by atoms with Crippen molar-refractivity contribution in [2.75, 3.05) is 45.9 Å². The number of nitrogens with zero attached hydrogens (tertiary/aromatic N) is 2. The quantitative estimate of drug-likeness (QED) is 0.749. The zero-order valence-corrected chi connectivity index (χ0v) is 16.0. The lowest BCUT2D eigenvalue weighted by molar-refractivity contribution is -0.138. The van der Waals surface area contributed by atoms with Crippen molar-refractivity contribution in [3.05, 3.63) is 24.3 Å². The van der Waals surface area contributed by atoms with Crippen LogP contribution in [0.5, 0.6) is 11.5 Å². The van der Waals surface area contributed by atoms with Gasteiger partial charge in [-0.2, -0.15) is 0 Å². The highest BCUT2D eigenvalue weighted by molar-refractivity contribution is 5.79. The molecule has 0 unspecified atom stereocenters. The van der Waals surface area contributed by atoms with E-state index in [-0.39, 0.29) is 5.92 Å². The minimum atomic E-state index is 0.233. The number of benzene rings is 1. The lowest BCUT2D eigenvalue weighted by Gasteiger charge is -2.35. The largest absolute Gasteiger partial charge is 0.494 e. The molecule has 0 aromatic heterocycles. The molecule has 3 rings (SSSR count). The molecule has 0 spiro atoms. The summed E-state index contributed by atoms with van der Waals surface area (Å²) in [5, 5.41) is 0. The lowest BCUT2D eigenvalue weighted by Crippen LogP contribution is -2.45. The fraction of sp³-hybridized carbons (Fsp3) is 0.667. The van der Waals surface area contributed by atoms with Crippen molar-refractivity contribution >= 4 is 5.91 Å². The number of amides is 1. The van der Waals surface area contributed by atoms with Gasteiger partial charge in [-0.1, -0.05) is 0 Å². The molecule has 2 aliphatic rings. The predicted octanol–water partition coefficient (Wildman–Crippen LogP) is 3.19. The van der Waals surface area contributed by atoms with E-state index in [1.807, 2.05) is 31.2 Å². The Labute approximate surface area is 157 Å². The first kappa shape index (κ1) is 19.0. The van der Waals surface area contributed by atoms with Crippen molar-refractivity contribution in [2.45, 2.75) is 39.0 Å². The molecular formula is C21H32N2O3. The van der Waals surface area contributed by atoms with Crippen molar-refractivity contribution in [2.24, 2.45) is 5.92 Å². The van der Waals surface area contributed by atoms with Gasteiger partial charge in [0.2, 0.25) is 5.91 Å². The zero-order valence-electron chi connectivity index (χ0n) is 16.0. The van der Waals surface area contributed by atoms with Crippen LogP contribution >= 0.6 is 0 Å². The van der Waals surface area contributed by atoms with E-state index in [4.69, 9.17) is 9.47 Å². The minimum Gasteiger partial charge on any atom is -0.494 e. The minimum absolute atomic E-state index is 0.233. The number of likely N-dealkylation sites (tertiary alicyclic amines) is 2. The smallest absolute Gasteiger partial charge is 0.225 e. The number of hydrogen-bond acceptors (Lipinski definition) is 4. The maximum Gasteiger partial charge on any atom is 0.225 e. The van der Waals surface area contributed by atoms with Gasteiger partial charge in [-0.3, -0.25) is 9.69 Å². The van der Waals surface area contributed by atoms with Crippen LogP contribution in [-0.4, -0.2) is 61.6 Å². The summed E-state index contributed by atoms with van der Waals surface area (Å²) in [4.78, 5) is 17.1. The predicted molar refractivity (Wildman–Crippen MR) is 103 cm³/mol. The molecule has 1 aromatic rings. The summed E-state index contributed by atoms with van der Waals surface area (Å²) in [5.41, 5.74) is 0. The first-order chi connectivity index (χ1) is 12.8. The molecule has 0 bridgehead atoms. The summed E-state index contributed by atoms with van der Waals surface area (Å²) in [6, 6.07) is 7.79. The molecule has 2 saturated heterocycles. The normalized spacial score (nSPS) is 19.3. The van der Waals surface area contributed by atoms with E-state index in [2.05, 4.69) is 9.80 Å². The SMILES string of the molecule is CCOc1ccc(OCCN2CCC(C(=O)N3CCCCC3)CC2)cc1. The van der Waals surface area contributed by atoms with Gasteiger partial charge in [0.1, 0.15) is 18.1 Å². The summed E-state index contributed by atoms with van der Waals surface area (Å²) in [6.45, 7) is 8.18. The van der Waals surface area contributed by atoms with E-state index in [0.29, 0.717) is 19.1 Å². The Bertz CT molecular complexity index is 547. The van der Waals surface area contributed by atoms with E-state index in [1.54, 1.807) is 0 Å². The second-order valence-electron chi connectivity index (χ2n) is 7.25. The van der Waals surface area contributed by atoms with E-state index >= 15 is 0 Å². The van der Waals surface area contributed by atoms with E-state index in [0.717, 1.165) is 57.1 Å². The number of rotatable bonds is 7. The Kier molecular flexibility index (Phi) is 7.18. The van der Waals surface area contributed by atoms with Crippen LogP contribution in [-0.2, 0) is 4.79 Å². The second-order valence-corrected chi connectivity index (χ2v) is 7.25. The van der Waals surface area contributed by atoms with Crippen molar-refractivity contribution in [3.63, 3.8) is 0 Å². The van der Waals surface area contributed by atoms with E-state index in [9.17, 15) is 4.79 Å². The molecule has 0 radical (unpaired) electrons. The average molecular weight is 360 g/mol. The summed E-state index contributed by atoms with van der Waals surface area (Å²) >= 11 is 0. The Morgan fingerprint density at radius 1 is 0.962 bits per heavy atom. The van der Waals surface area contributed by atoms with Gasteiger partial charge in [-0.15, -0.1) is 0 Å². The van der Waals surface area contributed by atoms with E-state index in [1.165, 1.54) is 19.3 Å². The molecule has 2 fully saturated rings. The third kappa shape index (κ3) is 5.37. The Hall–Kier alpha value is -1.75. The van der Waals surface area contributed by atoms with Gasteiger partial charge in [0, 0.05) is 25.6 Å². The molecule has 0 saturated carbocycles. The van der Waals surface area contributed by atoms with Gasteiger partial charge < -0.3 is 14.4 Å². The standard InChI is InChI=1S/C21H32N2O3/c1-2-25-19-6-8-20(9-7-19)26-17-16-22-14-10-18(11-15-22)21(24)23-12-4-3-5-13-23/h6-9,18H,2-5,10-17H2,1H3. The topological polar surface area (TPSA) is 42.0 Å². The Morgan fingerprint density at radius 2 is 1.58 bits per heavy atom. The van der Waals surface area contributed by atoms with Crippen LogP contribution in [0.4, 0.5) is 0 Å². The molecule has 144 valence electrons. The van der Waals surface area contributed by atoms with E-state index < -0.39 is 0 Å². The number of hydrogen-bond donors (Lipinski definition) is 0.